The van der Waals surface area contributed by atoms with Crippen LogP contribution >= 0.6 is 0 Å². The van der Waals surface area contributed by atoms with Gasteiger partial charge in [0.15, 0.2) is 11.6 Å². The van der Waals surface area contributed by atoms with Crippen LogP contribution in [0.1, 0.15) is 6.42 Å². The molecular weight excluding hydrogens is 245 g/mol. The average molecular weight is 259 g/mol. The Hall–Kier alpha value is -1.40. The van der Waals surface area contributed by atoms with Gasteiger partial charge in [0.05, 0.1) is 12.0 Å². The Bertz CT molecular complexity index is 499. The first-order chi connectivity index (χ1) is 8.01. The highest BCUT2D eigenvalue weighted by Gasteiger charge is 2.15. The highest BCUT2D eigenvalue weighted by molar-refractivity contribution is 7.89. The molecule has 17 heavy (non-hydrogen) atoms. The van der Waals surface area contributed by atoms with Gasteiger partial charge in [0, 0.05) is 6.54 Å². The lowest BCUT2D eigenvalue weighted by Crippen LogP contribution is -2.24. The number of ether oxygens (including phenoxy) is 1. The van der Waals surface area contributed by atoms with Gasteiger partial charge in [-0.15, -0.1) is 6.58 Å². The monoisotopic (exact) mass is 259 g/mol. The molecule has 94 valence electrons. The van der Waals surface area contributed by atoms with Crippen molar-refractivity contribution in [3.8, 4) is 5.75 Å². The van der Waals surface area contributed by atoms with Crippen LogP contribution in [0.15, 0.2) is 35.7 Å². The number of rotatable bonds is 6. The second-order valence-corrected chi connectivity index (χ2v) is 5.04. The van der Waals surface area contributed by atoms with Crippen LogP contribution in [-0.4, -0.2) is 22.1 Å². The molecular formula is C11H14FNO3S. The first-order valence-corrected chi connectivity index (χ1v) is 6.43. The van der Waals surface area contributed by atoms with E-state index in [0.717, 1.165) is 6.07 Å². The number of benzene rings is 1. The molecule has 0 radical (unpaired) electrons. The van der Waals surface area contributed by atoms with Crippen LogP contribution in [0.5, 0.6) is 5.75 Å². The van der Waals surface area contributed by atoms with E-state index in [1.807, 2.05) is 0 Å². The van der Waals surface area contributed by atoms with Crippen molar-refractivity contribution in [2.75, 3.05) is 13.7 Å². The van der Waals surface area contributed by atoms with Gasteiger partial charge < -0.3 is 4.74 Å². The summed E-state index contributed by atoms with van der Waals surface area (Å²) in [6.07, 6.45) is 2.11. The molecule has 0 bridgehead atoms. The Morgan fingerprint density at radius 1 is 1.53 bits per heavy atom. The van der Waals surface area contributed by atoms with Crippen LogP contribution in [0.25, 0.3) is 0 Å². The summed E-state index contributed by atoms with van der Waals surface area (Å²) >= 11 is 0. The predicted molar refractivity (Wildman–Crippen MR) is 63.0 cm³/mol. The van der Waals surface area contributed by atoms with Crippen LogP contribution in [0.2, 0.25) is 0 Å². The first kappa shape index (κ1) is 13.7. The van der Waals surface area contributed by atoms with Crippen LogP contribution in [0.3, 0.4) is 0 Å². The topological polar surface area (TPSA) is 55.4 Å². The maximum atomic E-state index is 13.3. The summed E-state index contributed by atoms with van der Waals surface area (Å²) in [6.45, 7) is 3.71. The zero-order chi connectivity index (χ0) is 12.9. The molecule has 0 aliphatic rings. The molecule has 0 fully saturated rings. The normalized spacial score (nSPS) is 11.2. The summed E-state index contributed by atoms with van der Waals surface area (Å²) in [4.78, 5) is -0.125. The van der Waals surface area contributed by atoms with Gasteiger partial charge in [0.1, 0.15) is 0 Å². The van der Waals surface area contributed by atoms with Crippen molar-refractivity contribution in [2.45, 2.75) is 11.3 Å². The Morgan fingerprint density at radius 3 is 2.76 bits per heavy atom. The first-order valence-electron chi connectivity index (χ1n) is 4.95. The minimum atomic E-state index is -3.67. The second kappa shape index (κ2) is 5.79. The van der Waals surface area contributed by atoms with Gasteiger partial charge in [-0.1, -0.05) is 6.08 Å². The van der Waals surface area contributed by atoms with Gasteiger partial charge in [-0.25, -0.2) is 17.5 Å². The summed E-state index contributed by atoms with van der Waals surface area (Å²) in [5, 5.41) is 0. The standard InChI is InChI=1S/C11H14FNO3S/c1-3-4-7-13-17(14,15)9-5-6-11(16-2)10(12)8-9/h3,5-6,8,13H,1,4,7H2,2H3. The molecule has 0 amide bonds. The molecule has 1 rings (SSSR count). The van der Waals surface area contributed by atoms with Gasteiger partial charge in [-0.05, 0) is 24.6 Å². The fourth-order valence-corrected chi connectivity index (χ4v) is 2.25. The van der Waals surface area contributed by atoms with Crippen molar-refractivity contribution in [3.05, 3.63) is 36.7 Å². The fraction of sp³-hybridized carbons (Fsp3) is 0.273. The summed E-state index contributed by atoms with van der Waals surface area (Å²) in [5.41, 5.74) is 0. The van der Waals surface area contributed by atoms with Crippen molar-refractivity contribution in [1.82, 2.24) is 4.72 Å². The van der Waals surface area contributed by atoms with Crippen LogP contribution in [0.4, 0.5) is 4.39 Å². The largest absolute Gasteiger partial charge is 0.494 e. The molecule has 0 aromatic heterocycles. The third-order valence-corrected chi connectivity index (χ3v) is 3.53. The zero-order valence-corrected chi connectivity index (χ0v) is 10.3. The Kier molecular flexibility index (Phi) is 4.65. The molecule has 0 aliphatic heterocycles. The molecule has 0 saturated carbocycles. The number of halogens is 1. The van der Waals surface area contributed by atoms with E-state index in [9.17, 15) is 12.8 Å². The number of sulfonamides is 1. The second-order valence-electron chi connectivity index (χ2n) is 3.27. The van der Waals surface area contributed by atoms with Gasteiger partial charge in [-0.3, -0.25) is 0 Å². The van der Waals surface area contributed by atoms with E-state index in [-0.39, 0.29) is 17.2 Å². The lowest BCUT2D eigenvalue weighted by atomic mass is 10.3. The third-order valence-electron chi connectivity index (χ3n) is 2.07. The van der Waals surface area contributed by atoms with Crippen LogP contribution < -0.4 is 9.46 Å². The minimum Gasteiger partial charge on any atom is -0.494 e. The highest BCUT2D eigenvalue weighted by atomic mass is 32.2. The number of hydrogen-bond acceptors (Lipinski definition) is 3. The number of methoxy groups -OCH3 is 1. The number of nitrogens with one attached hydrogen (secondary N) is 1. The van der Waals surface area contributed by atoms with E-state index in [2.05, 4.69) is 11.3 Å². The Labute approximate surface area is 100 Å². The lowest BCUT2D eigenvalue weighted by Gasteiger charge is -2.07. The molecule has 0 atom stereocenters. The van der Waals surface area contributed by atoms with E-state index in [1.54, 1.807) is 6.08 Å². The van der Waals surface area contributed by atoms with E-state index in [4.69, 9.17) is 4.74 Å². The van der Waals surface area contributed by atoms with Gasteiger partial charge in [0.2, 0.25) is 10.0 Å². The Morgan fingerprint density at radius 2 is 2.24 bits per heavy atom. The quantitative estimate of drug-likeness (QED) is 0.625. The molecule has 0 aliphatic carbocycles. The van der Waals surface area contributed by atoms with Crippen molar-refractivity contribution < 1.29 is 17.5 Å². The average Bonchev–Trinajstić information content (AvgIpc) is 2.29. The summed E-state index contributed by atoms with van der Waals surface area (Å²) in [6, 6.07) is 3.49. The smallest absolute Gasteiger partial charge is 0.240 e. The van der Waals surface area contributed by atoms with Gasteiger partial charge in [0.25, 0.3) is 0 Å². The van der Waals surface area contributed by atoms with Crippen LogP contribution in [0, 0.1) is 5.82 Å². The minimum absolute atomic E-state index is 0.00930. The molecule has 0 spiro atoms. The lowest BCUT2D eigenvalue weighted by molar-refractivity contribution is 0.385. The molecule has 6 heteroatoms. The van der Waals surface area contributed by atoms with Crippen molar-refractivity contribution in [3.63, 3.8) is 0 Å². The number of hydrogen-bond donors (Lipinski definition) is 1. The molecule has 0 heterocycles. The van der Waals surface area contributed by atoms with E-state index in [1.165, 1.54) is 19.2 Å². The third kappa shape index (κ3) is 3.54. The summed E-state index contributed by atoms with van der Waals surface area (Å²) in [7, 11) is -2.36. The summed E-state index contributed by atoms with van der Waals surface area (Å²) in [5.74, 6) is -0.700. The SMILES string of the molecule is C=CCCNS(=O)(=O)c1ccc(OC)c(F)c1. The maximum Gasteiger partial charge on any atom is 0.240 e. The Balaban J connectivity index is 2.91. The van der Waals surface area contributed by atoms with Gasteiger partial charge in [-0.2, -0.15) is 0 Å². The molecule has 1 aromatic carbocycles. The maximum absolute atomic E-state index is 13.3. The molecule has 0 unspecified atom stereocenters. The van der Waals surface area contributed by atoms with Gasteiger partial charge >= 0.3 is 0 Å². The van der Waals surface area contributed by atoms with Crippen molar-refractivity contribution in [1.29, 1.82) is 0 Å². The van der Waals surface area contributed by atoms with Crippen molar-refractivity contribution in [2.24, 2.45) is 0 Å². The molecule has 1 aromatic rings. The zero-order valence-electron chi connectivity index (χ0n) is 9.44. The van der Waals surface area contributed by atoms with E-state index in [0.29, 0.717) is 6.42 Å². The summed E-state index contributed by atoms with van der Waals surface area (Å²) < 4.78 is 43.8. The van der Waals surface area contributed by atoms with Crippen LogP contribution in [-0.2, 0) is 10.0 Å². The molecule has 0 saturated heterocycles. The highest BCUT2D eigenvalue weighted by Crippen LogP contribution is 2.20. The van der Waals surface area contributed by atoms with E-state index < -0.39 is 15.8 Å². The van der Waals surface area contributed by atoms with Crippen molar-refractivity contribution >= 4 is 10.0 Å². The molecule has 4 nitrogen and oxygen atoms in total. The molecule has 1 N–H and O–H groups in total. The van der Waals surface area contributed by atoms with E-state index >= 15 is 0 Å². The predicted octanol–water partition coefficient (Wildman–Crippen LogP) is 1.69. The fourth-order valence-electron chi connectivity index (χ4n) is 1.19.